The molecular weight excluding hydrogens is 350 g/mol. The molecule has 0 saturated carbocycles. The minimum Gasteiger partial charge on any atom is -0.468 e. The standard InChI is InChI=1S/C24H39NO3/c1-3-4-5-6-7-8-9-10-11-12-13-17-20-23(26)25(21-24(27)28-2)22-18-15-14-16-19-22/h14-16,18-19H,3-13,17,20-21H2,1-2H3. The molecule has 0 aromatic heterocycles. The molecule has 0 unspecified atom stereocenters. The van der Waals surface area contributed by atoms with Crippen molar-refractivity contribution in [1.29, 1.82) is 0 Å². The van der Waals surface area contributed by atoms with Gasteiger partial charge in [0.15, 0.2) is 0 Å². The fraction of sp³-hybridized carbons (Fsp3) is 0.667. The van der Waals surface area contributed by atoms with Crippen LogP contribution in [0.4, 0.5) is 5.69 Å². The Hall–Kier alpha value is -1.84. The number of para-hydroxylation sites is 1. The van der Waals surface area contributed by atoms with Crippen molar-refractivity contribution >= 4 is 17.6 Å². The summed E-state index contributed by atoms with van der Waals surface area (Å²) >= 11 is 0. The molecule has 0 atom stereocenters. The molecule has 0 heterocycles. The quantitative estimate of drug-likeness (QED) is 0.247. The summed E-state index contributed by atoms with van der Waals surface area (Å²) in [5.41, 5.74) is 0.747. The van der Waals surface area contributed by atoms with E-state index in [9.17, 15) is 9.59 Å². The molecule has 0 aliphatic carbocycles. The molecule has 0 aliphatic rings. The van der Waals surface area contributed by atoms with E-state index in [2.05, 4.69) is 6.92 Å². The first-order valence-corrected chi connectivity index (χ1v) is 11.1. The SMILES string of the molecule is CCCCCCCCCCCCCCC(=O)N(CC(=O)OC)c1ccccc1. The summed E-state index contributed by atoms with van der Waals surface area (Å²) in [5, 5.41) is 0. The smallest absolute Gasteiger partial charge is 0.325 e. The molecule has 0 fully saturated rings. The largest absolute Gasteiger partial charge is 0.468 e. The third-order valence-corrected chi connectivity index (χ3v) is 5.13. The van der Waals surface area contributed by atoms with Gasteiger partial charge in [0.1, 0.15) is 6.54 Å². The Morgan fingerprint density at radius 3 is 1.79 bits per heavy atom. The van der Waals surface area contributed by atoms with Gasteiger partial charge in [0, 0.05) is 12.1 Å². The number of anilines is 1. The van der Waals surface area contributed by atoms with Gasteiger partial charge in [-0.3, -0.25) is 9.59 Å². The van der Waals surface area contributed by atoms with E-state index in [0.717, 1.165) is 18.5 Å². The van der Waals surface area contributed by atoms with Gasteiger partial charge in [0.2, 0.25) is 5.91 Å². The Balaban J connectivity index is 2.17. The van der Waals surface area contributed by atoms with Crippen LogP contribution >= 0.6 is 0 Å². The van der Waals surface area contributed by atoms with E-state index in [4.69, 9.17) is 4.74 Å². The van der Waals surface area contributed by atoms with Gasteiger partial charge in [-0.1, -0.05) is 95.8 Å². The molecule has 0 bridgehead atoms. The van der Waals surface area contributed by atoms with E-state index >= 15 is 0 Å². The monoisotopic (exact) mass is 389 g/mol. The highest BCUT2D eigenvalue weighted by Crippen LogP contribution is 2.17. The lowest BCUT2D eigenvalue weighted by Crippen LogP contribution is -2.36. The zero-order valence-corrected chi connectivity index (χ0v) is 18.0. The zero-order chi connectivity index (χ0) is 20.5. The number of benzene rings is 1. The number of nitrogens with zero attached hydrogens (tertiary/aromatic N) is 1. The molecule has 0 aliphatic heterocycles. The molecule has 158 valence electrons. The van der Waals surface area contributed by atoms with Gasteiger partial charge >= 0.3 is 5.97 Å². The number of hydrogen-bond acceptors (Lipinski definition) is 3. The van der Waals surface area contributed by atoms with E-state index in [1.54, 1.807) is 0 Å². The van der Waals surface area contributed by atoms with Gasteiger partial charge in [-0.05, 0) is 18.6 Å². The Morgan fingerprint density at radius 2 is 1.29 bits per heavy atom. The van der Waals surface area contributed by atoms with Crippen LogP contribution in [0.2, 0.25) is 0 Å². The normalized spacial score (nSPS) is 10.6. The average Bonchev–Trinajstić information content (AvgIpc) is 2.73. The summed E-state index contributed by atoms with van der Waals surface area (Å²) in [6.45, 7) is 2.23. The molecule has 1 aromatic carbocycles. The molecule has 4 nitrogen and oxygen atoms in total. The minimum absolute atomic E-state index is 0.0105. The van der Waals surface area contributed by atoms with E-state index in [0.29, 0.717) is 6.42 Å². The molecule has 1 rings (SSSR count). The van der Waals surface area contributed by atoms with Crippen molar-refractivity contribution in [1.82, 2.24) is 0 Å². The predicted octanol–water partition coefficient (Wildman–Crippen LogP) is 6.28. The van der Waals surface area contributed by atoms with Crippen LogP contribution in [0.3, 0.4) is 0 Å². The summed E-state index contributed by atoms with van der Waals surface area (Å²) in [5.74, 6) is -0.407. The molecule has 0 N–H and O–H groups in total. The van der Waals surface area contributed by atoms with Crippen LogP contribution in [0.15, 0.2) is 30.3 Å². The molecule has 0 radical (unpaired) electrons. The molecule has 1 aromatic rings. The molecule has 1 amide bonds. The molecular formula is C24H39NO3. The Kier molecular flexibility index (Phi) is 14.0. The summed E-state index contributed by atoms with van der Waals surface area (Å²) in [4.78, 5) is 25.8. The van der Waals surface area contributed by atoms with Crippen molar-refractivity contribution in [2.75, 3.05) is 18.6 Å². The van der Waals surface area contributed by atoms with Crippen molar-refractivity contribution in [2.45, 2.75) is 90.4 Å². The Morgan fingerprint density at radius 1 is 0.786 bits per heavy atom. The van der Waals surface area contributed by atoms with Gasteiger partial charge in [0.25, 0.3) is 0 Å². The number of unbranched alkanes of at least 4 members (excludes halogenated alkanes) is 11. The van der Waals surface area contributed by atoms with Gasteiger partial charge in [-0.15, -0.1) is 0 Å². The zero-order valence-electron chi connectivity index (χ0n) is 18.0. The number of rotatable bonds is 16. The van der Waals surface area contributed by atoms with Crippen LogP contribution in [-0.4, -0.2) is 25.5 Å². The number of carbonyl (C=O) groups excluding carboxylic acids is 2. The van der Waals surface area contributed by atoms with Crippen LogP contribution in [0.5, 0.6) is 0 Å². The van der Waals surface area contributed by atoms with Gasteiger partial charge < -0.3 is 9.64 Å². The second-order valence-electron chi connectivity index (χ2n) is 7.53. The van der Waals surface area contributed by atoms with Crippen LogP contribution in [0.1, 0.15) is 90.4 Å². The highest BCUT2D eigenvalue weighted by molar-refractivity contribution is 5.97. The number of hydrogen-bond donors (Lipinski definition) is 0. The van der Waals surface area contributed by atoms with Crippen molar-refractivity contribution in [2.24, 2.45) is 0 Å². The molecule has 0 saturated heterocycles. The maximum atomic E-state index is 12.6. The fourth-order valence-electron chi connectivity index (χ4n) is 3.38. The summed E-state index contributed by atoms with van der Waals surface area (Å²) < 4.78 is 4.74. The van der Waals surface area contributed by atoms with Crippen LogP contribution in [0.25, 0.3) is 0 Å². The Bertz CT molecular complexity index is 530. The third kappa shape index (κ3) is 11.1. The van der Waals surface area contributed by atoms with Crippen molar-refractivity contribution in [3.8, 4) is 0 Å². The predicted molar refractivity (Wildman–Crippen MR) is 117 cm³/mol. The summed E-state index contributed by atoms with van der Waals surface area (Å²) in [6.07, 6.45) is 15.7. The van der Waals surface area contributed by atoms with Gasteiger partial charge in [-0.2, -0.15) is 0 Å². The summed E-state index contributed by atoms with van der Waals surface area (Å²) in [6, 6.07) is 9.34. The highest BCUT2D eigenvalue weighted by atomic mass is 16.5. The first-order chi connectivity index (χ1) is 13.7. The first kappa shape index (κ1) is 24.2. The van der Waals surface area contributed by atoms with Crippen molar-refractivity contribution in [3.63, 3.8) is 0 Å². The molecule has 0 spiro atoms. The van der Waals surface area contributed by atoms with E-state index < -0.39 is 5.97 Å². The van der Waals surface area contributed by atoms with Gasteiger partial charge in [0.05, 0.1) is 7.11 Å². The van der Waals surface area contributed by atoms with Gasteiger partial charge in [-0.25, -0.2) is 0 Å². The lowest BCUT2D eigenvalue weighted by Gasteiger charge is -2.21. The van der Waals surface area contributed by atoms with E-state index in [1.807, 2.05) is 30.3 Å². The second-order valence-corrected chi connectivity index (χ2v) is 7.53. The maximum absolute atomic E-state index is 12.6. The second kappa shape index (κ2) is 16.1. The van der Waals surface area contributed by atoms with E-state index in [1.165, 1.54) is 76.2 Å². The Labute approximate surface area is 171 Å². The lowest BCUT2D eigenvalue weighted by molar-refractivity contribution is -0.140. The van der Waals surface area contributed by atoms with Crippen LogP contribution in [-0.2, 0) is 14.3 Å². The fourth-order valence-corrected chi connectivity index (χ4v) is 3.38. The number of amides is 1. The van der Waals surface area contributed by atoms with Crippen molar-refractivity contribution < 1.29 is 14.3 Å². The molecule has 4 heteroatoms. The number of esters is 1. The third-order valence-electron chi connectivity index (χ3n) is 5.13. The highest BCUT2D eigenvalue weighted by Gasteiger charge is 2.18. The maximum Gasteiger partial charge on any atom is 0.325 e. The van der Waals surface area contributed by atoms with Crippen molar-refractivity contribution in [3.05, 3.63) is 30.3 Å². The lowest BCUT2D eigenvalue weighted by atomic mass is 10.0. The minimum atomic E-state index is -0.396. The molecule has 28 heavy (non-hydrogen) atoms. The average molecular weight is 390 g/mol. The number of methoxy groups -OCH3 is 1. The number of ether oxygens (including phenoxy) is 1. The number of carbonyl (C=O) groups is 2. The van der Waals surface area contributed by atoms with Crippen LogP contribution in [0, 0.1) is 0 Å². The first-order valence-electron chi connectivity index (χ1n) is 11.1. The van der Waals surface area contributed by atoms with E-state index in [-0.39, 0.29) is 12.5 Å². The van der Waals surface area contributed by atoms with Crippen LogP contribution < -0.4 is 4.90 Å². The summed E-state index contributed by atoms with van der Waals surface area (Å²) in [7, 11) is 1.35. The topological polar surface area (TPSA) is 46.6 Å².